The lowest BCUT2D eigenvalue weighted by atomic mass is 10.0. The van der Waals surface area contributed by atoms with Gasteiger partial charge in [0.15, 0.2) is 0 Å². The van der Waals surface area contributed by atoms with Crippen molar-refractivity contribution in [2.75, 3.05) is 33.0 Å². The van der Waals surface area contributed by atoms with Gasteiger partial charge in [-0.3, -0.25) is 4.79 Å². The molecule has 0 aromatic heterocycles. The average molecular weight is 1230 g/mol. The van der Waals surface area contributed by atoms with Crippen LogP contribution in [0.1, 0.15) is 86.5 Å². The maximum absolute atomic E-state index is 10.9. The molecular formula is C70H67Br2ClO8. The average Bonchev–Trinajstić information content (AvgIpc) is 3.51. The molecule has 0 unspecified atom stereocenters. The van der Waals surface area contributed by atoms with Gasteiger partial charge in [0.25, 0.3) is 0 Å². The van der Waals surface area contributed by atoms with Gasteiger partial charge in [0, 0.05) is 95.3 Å². The fourth-order valence-corrected chi connectivity index (χ4v) is 6.76. The van der Waals surface area contributed by atoms with Gasteiger partial charge in [-0.2, -0.15) is 0 Å². The zero-order chi connectivity index (χ0) is 59.1. The number of aliphatic hydroxyl groups is 3. The van der Waals surface area contributed by atoms with Gasteiger partial charge in [-0.05, 0) is 156 Å². The lowest BCUT2D eigenvalue weighted by molar-refractivity contribution is -0.138. The predicted octanol–water partition coefficient (Wildman–Crippen LogP) is 14.9. The summed E-state index contributed by atoms with van der Waals surface area (Å²) in [6, 6.07) is 49.1. The van der Waals surface area contributed by atoms with E-state index in [0.29, 0.717) is 45.3 Å². The first-order valence-electron chi connectivity index (χ1n) is 25.9. The molecule has 8 nitrogen and oxygen atoms in total. The minimum Gasteiger partial charge on any atom is -0.463 e. The summed E-state index contributed by atoms with van der Waals surface area (Å²) in [6.45, 7) is 11.1. The fraction of sp³-hybridized carbons (Fsp3) is 0.214. The Hall–Kier alpha value is -7.92. The molecule has 0 fully saturated rings. The van der Waals surface area contributed by atoms with Crippen molar-refractivity contribution in [1.29, 1.82) is 0 Å². The van der Waals surface area contributed by atoms with E-state index in [4.69, 9.17) is 42.8 Å². The first-order chi connectivity index (χ1) is 39.4. The van der Waals surface area contributed by atoms with Crippen molar-refractivity contribution >= 4 is 60.6 Å². The molecule has 0 heterocycles. The van der Waals surface area contributed by atoms with E-state index in [2.05, 4.69) is 178 Å². The maximum Gasteiger partial charge on any atom is 0.330 e. The van der Waals surface area contributed by atoms with E-state index in [1.807, 2.05) is 72.8 Å². The van der Waals surface area contributed by atoms with Gasteiger partial charge >= 0.3 is 11.9 Å². The molecular weight excluding hydrogens is 1160 g/mol. The lowest BCUT2D eigenvalue weighted by Crippen LogP contribution is -2.01. The Morgan fingerprint density at radius 2 is 0.654 bits per heavy atom. The molecule has 6 aromatic rings. The van der Waals surface area contributed by atoms with Gasteiger partial charge in [-0.15, -0.1) is 12.3 Å². The lowest BCUT2D eigenvalue weighted by Gasteiger charge is -2.02. The summed E-state index contributed by atoms with van der Waals surface area (Å²) in [5, 5.41) is 25.1. The van der Waals surface area contributed by atoms with Crippen LogP contribution in [0.5, 0.6) is 0 Å². The predicted molar refractivity (Wildman–Crippen MR) is 338 cm³/mol. The molecule has 0 atom stereocenters. The second kappa shape index (κ2) is 44.9. The van der Waals surface area contributed by atoms with E-state index < -0.39 is 17.2 Å². The fourth-order valence-electron chi connectivity index (χ4n) is 6.23. The summed E-state index contributed by atoms with van der Waals surface area (Å²) in [5.41, 5.74) is 10.8. The van der Waals surface area contributed by atoms with E-state index in [1.54, 1.807) is 0 Å². The molecule has 0 saturated carbocycles. The second-order valence-electron chi connectivity index (χ2n) is 16.7. The SMILES string of the molecule is Brc1ccc(-c2ccc(Br)cc2)cc1.C#CCCCO.C=CC(=O)Cl.C=CC(=O)OCCCC#Cc1ccc(-c2ccc(C#CCCCOC(=O)C=C)cc2)cc1.OCCCC#Cc1ccc(-c2ccc(C#CCCCO)cc2)cc1. The van der Waals surface area contributed by atoms with Gasteiger partial charge < -0.3 is 24.8 Å². The number of allylic oxidation sites excluding steroid dienone is 1. The smallest absolute Gasteiger partial charge is 0.330 e. The van der Waals surface area contributed by atoms with E-state index >= 15 is 0 Å². The number of esters is 2. The van der Waals surface area contributed by atoms with E-state index in [-0.39, 0.29) is 19.8 Å². The Balaban J connectivity index is 0.000000398. The highest BCUT2D eigenvalue weighted by atomic mass is 79.9. The van der Waals surface area contributed by atoms with Gasteiger partial charge in [-0.1, -0.05) is 172 Å². The number of rotatable bonds is 18. The normalized spacial score (nSPS) is 9.25. The van der Waals surface area contributed by atoms with Crippen molar-refractivity contribution in [1.82, 2.24) is 0 Å². The minimum atomic E-state index is -0.509. The van der Waals surface area contributed by atoms with Gasteiger partial charge in [-0.25, -0.2) is 9.59 Å². The van der Waals surface area contributed by atoms with Crippen molar-refractivity contribution in [3.8, 4) is 93.1 Å². The summed E-state index contributed by atoms with van der Waals surface area (Å²) in [6.07, 6.45) is 15.2. The largest absolute Gasteiger partial charge is 0.463 e. The summed E-state index contributed by atoms with van der Waals surface area (Å²) >= 11 is 11.5. The van der Waals surface area contributed by atoms with Gasteiger partial charge in [0.05, 0.1) is 13.2 Å². The molecule has 0 spiro atoms. The number of benzene rings is 6. The van der Waals surface area contributed by atoms with Crippen LogP contribution in [-0.2, 0) is 23.9 Å². The standard InChI is InChI=1S/C28H26O4.C22H22O2.C12H8Br2.C5H8O.C3H3ClO/c1-3-27(29)31-21-9-5-7-11-23-13-17-25(18-14-23)26-19-15-24(16-20-26)12-8-6-10-22-32-28(30)4-2;23-17-5-1-3-7-19-9-13-21(14-10-19)22-15-11-20(12-16-22)8-4-2-6-18-24;13-11-5-1-9(2-6-11)10-3-7-12(14)8-4-10;1-2-3-4-5-6;1-2-3(4)5/h3-4,13-20H,1-2,5-6,9-10,21-22H2;9-16,23-24H,1-2,5-6,17-18H2;1-8H;1,6H,3-5H2;2H,1H2. The monoisotopic (exact) mass is 1230 g/mol. The Morgan fingerprint density at radius 3 is 0.864 bits per heavy atom. The molecule has 81 heavy (non-hydrogen) atoms. The summed E-state index contributed by atoms with van der Waals surface area (Å²) in [7, 11) is 0. The molecule has 0 amide bonds. The number of halogens is 3. The molecule has 3 N–H and O–H groups in total. The van der Waals surface area contributed by atoms with E-state index in [9.17, 15) is 14.4 Å². The van der Waals surface area contributed by atoms with Crippen molar-refractivity contribution in [3.63, 3.8) is 0 Å². The summed E-state index contributed by atoms with van der Waals surface area (Å²) < 4.78 is 12.0. The first kappa shape index (κ1) is 69.2. The van der Waals surface area contributed by atoms with Crippen LogP contribution in [0, 0.1) is 59.7 Å². The third-order valence-electron chi connectivity index (χ3n) is 10.4. The summed E-state index contributed by atoms with van der Waals surface area (Å²) in [5.74, 6) is 26.3. The minimum absolute atomic E-state index is 0.190. The molecule has 6 aromatic carbocycles. The van der Waals surface area contributed by atoms with Crippen molar-refractivity contribution in [2.45, 2.75) is 64.2 Å². The summed E-state index contributed by atoms with van der Waals surface area (Å²) in [4.78, 5) is 31.3. The quantitative estimate of drug-likeness (QED) is 0.0255. The molecule has 0 aliphatic carbocycles. The number of terminal acetylenes is 1. The van der Waals surface area contributed by atoms with Crippen molar-refractivity contribution < 1.29 is 39.2 Å². The number of unbranched alkanes of at least 4 members (excludes halogenated alkanes) is 5. The van der Waals surface area contributed by atoms with Crippen LogP contribution >= 0.6 is 43.5 Å². The zero-order valence-corrected chi connectivity index (χ0v) is 49.3. The van der Waals surface area contributed by atoms with Crippen LogP contribution in [-0.4, -0.2) is 65.5 Å². The third-order valence-corrected chi connectivity index (χ3v) is 11.6. The van der Waals surface area contributed by atoms with E-state index in [1.165, 1.54) is 11.1 Å². The third kappa shape index (κ3) is 33.3. The topological polar surface area (TPSA) is 130 Å². The number of hydrogen-bond donors (Lipinski definition) is 3. The van der Waals surface area contributed by atoms with Crippen molar-refractivity contribution in [3.05, 3.63) is 215 Å². The molecule has 0 radical (unpaired) electrons. The number of aliphatic hydroxyl groups excluding tert-OH is 3. The van der Waals surface area contributed by atoms with Gasteiger partial charge in [0.1, 0.15) is 0 Å². The molecule has 0 aliphatic rings. The van der Waals surface area contributed by atoms with Crippen LogP contribution < -0.4 is 0 Å². The van der Waals surface area contributed by atoms with Crippen LogP contribution in [0.3, 0.4) is 0 Å². The number of hydrogen-bond acceptors (Lipinski definition) is 8. The van der Waals surface area contributed by atoms with Crippen LogP contribution in [0.15, 0.2) is 193 Å². The van der Waals surface area contributed by atoms with Crippen LogP contribution in [0.4, 0.5) is 0 Å². The molecule has 0 saturated heterocycles. The Morgan fingerprint density at radius 1 is 0.420 bits per heavy atom. The number of carbonyl (C=O) groups excluding carboxylic acids is 3. The zero-order valence-electron chi connectivity index (χ0n) is 45.4. The number of ether oxygens (including phenoxy) is 2. The molecule has 0 aliphatic heterocycles. The van der Waals surface area contributed by atoms with Gasteiger partial charge in [0.2, 0.25) is 5.24 Å². The van der Waals surface area contributed by atoms with Crippen molar-refractivity contribution in [2.24, 2.45) is 0 Å². The Labute approximate surface area is 501 Å². The Bertz CT molecular complexity index is 2930. The molecule has 6 rings (SSSR count). The maximum atomic E-state index is 10.9. The van der Waals surface area contributed by atoms with Crippen LogP contribution in [0.25, 0.3) is 33.4 Å². The highest BCUT2D eigenvalue weighted by Crippen LogP contribution is 2.24. The molecule has 416 valence electrons. The highest BCUT2D eigenvalue weighted by Gasteiger charge is 2.01. The second-order valence-corrected chi connectivity index (χ2v) is 18.9. The van der Waals surface area contributed by atoms with E-state index in [0.717, 1.165) is 104 Å². The highest BCUT2D eigenvalue weighted by molar-refractivity contribution is 9.10. The molecule has 11 heteroatoms. The number of carbonyl (C=O) groups is 3. The first-order valence-corrected chi connectivity index (χ1v) is 27.9. The van der Waals surface area contributed by atoms with Crippen LogP contribution in [0.2, 0.25) is 0 Å². The Kier molecular flexibility index (Phi) is 38.3. The molecule has 0 bridgehead atoms.